The van der Waals surface area contributed by atoms with Crippen LogP contribution in [0.4, 0.5) is 0 Å². The predicted octanol–water partition coefficient (Wildman–Crippen LogP) is 2.47. The number of hydrogen-bond donors (Lipinski definition) is 0. The van der Waals surface area contributed by atoms with Crippen LogP contribution in [-0.2, 0) is 9.59 Å². The molecule has 1 saturated heterocycles. The van der Waals surface area contributed by atoms with Gasteiger partial charge in [-0.3, -0.25) is 9.69 Å². The first-order chi connectivity index (χ1) is 9.21. The molecule has 1 heterocycles. The third-order valence-electron chi connectivity index (χ3n) is 4.27. The number of ketones is 1. The molecule has 4 nitrogen and oxygen atoms in total. The summed E-state index contributed by atoms with van der Waals surface area (Å²) in [5.74, 6) is 0.347. The Labute approximate surface area is 123 Å². The molecule has 0 atom stereocenters. The second-order valence-electron chi connectivity index (χ2n) is 6.95. The normalized spacial score (nSPS) is 18.1. The highest BCUT2D eigenvalue weighted by Crippen LogP contribution is 2.22. The Morgan fingerprint density at radius 2 is 1.70 bits per heavy atom. The maximum absolute atomic E-state index is 12.1. The van der Waals surface area contributed by atoms with Gasteiger partial charge in [0.25, 0.3) is 0 Å². The van der Waals surface area contributed by atoms with Crippen molar-refractivity contribution in [2.24, 2.45) is 0 Å². The van der Waals surface area contributed by atoms with Gasteiger partial charge in [-0.2, -0.15) is 0 Å². The van der Waals surface area contributed by atoms with Gasteiger partial charge < -0.3 is 9.69 Å². The molecule has 0 aromatic heterocycles. The fourth-order valence-corrected chi connectivity index (χ4v) is 2.79. The van der Waals surface area contributed by atoms with E-state index in [1.807, 2.05) is 11.9 Å². The SMILES string of the molecule is CC(=O)CCCC(=O)N(C)C1CCN(C(C)(C)C)CC1. The van der Waals surface area contributed by atoms with Gasteiger partial charge in [-0.1, -0.05) is 0 Å². The summed E-state index contributed by atoms with van der Waals surface area (Å²) in [6.07, 6.45) is 3.79. The summed E-state index contributed by atoms with van der Waals surface area (Å²) in [6, 6.07) is 0.360. The van der Waals surface area contributed by atoms with Crippen molar-refractivity contribution in [1.29, 1.82) is 0 Å². The number of rotatable bonds is 5. The zero-order valence-electron chi connectivity index (χ0n) is 13.7. The van der Waals surface area contributed by atoms with Crippen LogP contribution in [0, 0.1) is 0 Å². The molecule has 0 unspecified atom stereocenters. The average Bonchev–Trinajstić information content (AvgIpc) is 2.36. The first-order valence-corrected chi connectivity index (χ1v) is 7.72. The van der Waals surface area contributed by atoms with Crippen molar-refractivity contribution in [2.75, 3.05) is 20.1 Å². The Kier molecular flexibility index (Phi) is 6.18. The lowest BCUT2D eigenvalue weighted by atomic mass is 9.97. The van der Waals surface area contributed by atoms with Gasteiger partial charge in [0.05, 0.1) is 0 Å². The summed E-state index contributed by atoms with van der Waals surface area (Å²) in [5, 5.41) is 0. The number of piperidine rings is 1. The second kappa shape index (κ2) is 7.21. The number of likely N-dealkylation sites (tertiary alicyclic amines) is 1. The highest BCUT2D eigenvalue weighted by molar-refractivity contribution is 5.78. The number of carbonyl (C=O) groups excluding carboxylic acids is 2. The van der Waals surface area contributed by atoms with E-state index in [0.29, 0.717) is 25.3 Å². The molecule has 0 bridgehead atoms. The van der Waals surface area contributed by atoms with Gasteiger partial charge >= 0.3 is 0 Å². The average molecular weight is 282 g/mol. The summed E-state index contributed by atoms with van der Waals surface area (Å²) in [6.45, 7) is 10.4. The molecule has 1 aliphatic heterocycles. The molecule has 0 saturated carbocycles. The van der Waals surface area contributed by atoms with Gasteiger partial charge in [-0.05, 0) is 47.0 Å². The molecular formula is C16H30N2O2. The first kappa shape index (κ1) is 17.2. The monoisotopic (exact) mass is 282 g/mol. The number of hydrogen-bond acceptors (Lipinski definition) is 3. The minimum Gasteiger partial charge on any atom is -0.343 e. The smallest absolute Gasteiger partial charge is 0.222 e. The van der Waals surface area contributed by atoms with Crippen LogP contribution >= 0.6 is 0 Å². The molecule has 1 amide bonds. The Hall–Kier alpha value is -0.900. The number of amides is 1. The molecule has 1 fully saturated rings. The predicted molar refractivity (Wildman–Crippen MR) is 81.7 cm³/mol. The molecule has 1 aliphatic rings. The van der Waals surface area contributed by atoms with Crippen LogP contribution in [0.1, 0.15) is 59.8 Å². The molecule has 0 aromatic carbocycles. The van der Waals surface area contributed by atoms with Gasteiger partial charge in [-0.15, -0.1) is 0 Å². The molecule has 0 radical (unpaired) electrons. The fourth-order valence-electron chi connectivity index (χ4n) is 2.79. The van der Waals surface area contributed by atoms with E-state index in [1.54, 1.807) is 6.92 Å². The standard InChI is InChI=1S/C16H30N2O2/c1-13(19)7-6-8-15(20)17(5)14-9-11-18(12-10-14)16(2,3)4/h14H,6-12H2,1-5H3. The van der Waals surface area contributed by atoms with Crippen LogP contribution in [-0.4, -0.2) is 53.2 Å². The van der Waals surface area contributed by atoms with Gasteiger partial charge in [0.1, 0.15) is 5.78 Å². The van der Waals surface area contributed by atoms with E-state index in [1.165, 1.54) is 0 Å². The van der Waals surface area contributed by atoms with E-state index in [2.05, 4.69) is 25.7 Å². The Bertz CT molecular complexity index is 339. The summed E-state index contributed by atoms with van der Waals surface area (Å²) in [7, 11) is 1.91. The second-order valence-corrected chi connectivity index (χ2v) is 6.95. The molecule has 4 heteroatoms. The van der Waals surface area contributed by atoms with Crippen LogP contribution in [0.25, 0.3) is 0 Å². The van der Waals surface area contributed by atoms with Crippen molar-refractivity contribution in [3.8, 4) is 0 Å². The van der Waals surface area contributed by atoms with E-state index >= 15 is 0 Å². The van der Waals surface area contributed by atoms with E-state index in [-0.39, 0.29) is 17.2 Å². The lowest BCUT2D eigenvalue weighted by Gasteiger charge is -2.43. The van der Waals surface area contributed by atoms with Crippen LogP contribution in [0.5, 0.6) is 0 Å². The first-order valence-electron chi connectivity index (χ1n) is 7.72. The molecule has 0 N–H and O–H groups in total. The summed E-state index contributed by atoms with van der Waals surface area (Å²) < 4.78 is 0. The Morgan fingerprint density at radius 1 is 1.15 bits per heavy atom. The third-order valence-corrected chi connectivity index (χ3v) is 4.27. The van der Waals surface area contributed by atoms with Crippen molar-refractivity contribution in [2.45, 2.75) is 71.4 Å². The van der Waals surface area contributed by atoms with Gasteiger partial charge in [0, 0.05) is 44.6 Å². The quantitative estimate of drug-likeness (QED) is 0.778. The lowest BCUT2D eigenvalue weighted by molar-refractivity contribution is -0.133. The summed E-state index contributed by atoms with van der Waals surface area (Å²) >= 11 is 0. The molecular weight excluding hydrogens is 252 g/mol. The fraction of sp³-hybridized carbons (Fsp3) is 0.875. The van der Waals surface area contributed by atoms with Crippen LogP contribution < -0.4 is 0 Å². The van der Waals surface area contributed by atoms with Gasteiger partial charge in [0.15, 0.2) is 0 Å². The van der Waals surface area contributed by atoms with Crippen molar-refractivity contribution < 1.29 is 9.59 Å². The maximum Gasteiger partial charge on any atom is 0.222 e. The van der Waals surface area contributed by atoms with Crippen molar-refractivity contribution in [1.82, 2.24) is 9.80 Å². The van der Waals surface area contributed by atoms with E-state index in [0.717, 1.165) is 25.9 Å². The third kappa shape index (κ3) is 5.23. The van der Waals surface area contributed by atoms with Crippen LogP contribution in [0.2, 0.25) is 0 Å². The zero-order chi connectivity index (χ0) is 15.3. The van der Waals surface area contributed by atoms with Crippen molar-refractivity contribution >= 4 is 11.7 Å². The van der Waals surface area contributed by atoms with Crippen molar-refractivity contribution in [3.63, 3.8) is 0 Å². The van der Waals surface area contributed by atoms with Crippen LogP contribution in [0.3, 0.4) is 0 Å². The minimum atomic E-state index is 0.166. The topological polar surface area (TPSA) is 40.6 Å². The largest absolute Gasteiger partial charge is 0.343 e. The Balaban J connectivity index is 2.36. The highest BCUT2D eigenvalue weighted by Gasteiger charge is 2.29. The molecule has 0 aromatic rings. The lowest BCUT2D eigenvalue weighted by Crippen LogP contribution is -2.51. The molecule has 1 rings (SSSR count). The number of carbonyl (C=O) groups is 2. The number of nitrogens with zero attached hydrogens (tertiary/aromatic N) is 2. The highest BCUT2D eigenvalue weighted by atomic mass is 16.2. The Morgan fingerprint density at radius 3 is 2.15 bits per heavy atom. The summed E-state index contributed by atoms with van der Waals surface area (Å²) in [4.78, 5) is 27.4. The molecule has 0 spiro atoms. The molecule has 116 valence electrons. The van der Waals surface area contributed by atoms with E-state index < -0.39 is 0 Å². The minimum absolute atomic E-state index is 0.166. The zero-order valence-corrected chi connectivity index (χ0v) is 13.7. The number of Topliss-reactive ketones (excluding diaryl/α,β-unsaturated/α-hetero) is 1. The van der Waals surface area contributed by atoms with Crippen molar-refractivity contribution in [3.05, 3.63) is 0 Å². The molecule has 20 heavy (non-hydrogen) atoms. The van der Waals surface area contributed by atoms with Gasteiger partial charge in [0.2, 0.25) is 5.91 Å². The van der Waals surface area contributed by atoms with E-state index in [9.17, 15) is 9.59 Å². The van der Waals surface area contributed by atoms with Gasteiger partial charge in [-0.25, -0.2) is 0 Å². The summed E-state index contributed by atoms with van der Waals surface area (Å²) in [5.41, 5.74) is 0.217. The van der Waals surface area contributed by atoms with Crippen LogP contribution in [0.15, 0.2) is 0 Å². The van der Waals surface area contributed by atoms with E-state index in [4.69, 9.17) is 0 Å². The molecule has 0 aliphatic carbocycles. The maximum atomic E-state index is 12.1.